The first-order valence-corrected chi connectivity index (χ1v) is 10.7. The first-order chi connectivity index (χ1) is 15.2. The van der Waals surface area contributed by atoms with Gasteiger partial charge in [0.1, 0.15) is 18.5 Å². The van der Waals surface area contributed by atoms with Crippen molar-refractivity contribution in [1.29, 1.82) is 0 Å². The van der Waals surface area contributed by atoms with Gasteiger partial charge in [-0.05, 0) is 24.3 Å². The van der Waals surface area contributed by atoms with Crippen LogP contribution in [0.1, 0.15) is 10.4 Å². The second kappa shape index (κ2) is 12.4. The van der Waals surface area contributed by atoms with E-state index >= 15 is 0 Å². The first kappa shape index (κ1) is 23.2. The fraction of sp³-hybridized carbons (Fsp3) is 0.458. The molecule has 2 atom stereocenters. The minimum absolute atomic E-state index is 0.0327. The molecule has 1 heterocycles. The molecular formula is C24H32N2O5. The van der Waals surface area contributed by atoms with E-state index in [1.165, 1.54) is 0 Å². The maximum atomic E-state index is 12.9. The number of hydrogen-bond donors (Lipinski definition) is 1. The SMILES string of the molecule is COCCN(C[C@@H]1CN(C[C@@H](O)COc2ccccc2)CCO1)C(=O)c1ccccc1. The summed E-state index contributed by atoms with van der Waals surface area (Å²) in [5.41, 5.74) is 0.653. The van der Waals surface area contributed by atoms with Crippen molar-refractivity contribution in [2.75, 3.05) is 59.7 Å². The molecule has 0 bridgehead atoms. The number of morpholine rings is 1. The summed E-state index contributed by atoms with van der Waals surface area (Å²) in [4.78, 5) is 16.9. The van der Waals surface area contributed by atoms with E-state index in [0.29, 0.717) is 45.0 Å². The van der Waals surface area contributed by atoms with E-state index in [-0.39, 0.29) is 18.6 Å². The fourth-order valence-electron chi connectivity index (χ4n) is 3.60. The van der Waals surface area contributed by atoms with Gasteiger partial charge >= 0.3 is 0 Å². The Balaban J connectivity index is 1.51. The minimum Gasteiger partial charge on any atom is -0.491 e. The molecule has 31 heavy (non-hydrogen) atoms. The van der Waals surface area contributed by atoms with Crippen LogP contribution >= 0.6 is 0 Å². The molecule has 0 aromatic heterocycles. The van der Waals surface area contributed by atoms with Gasteiger partial charge in [-0.25, -0.2) is 0 Å². The molecule has 7 heteroatoms. The first-order valence-electron chi connectivity index (χ1n) is 10.7. The Morgan fingerprint density at radius 1 is 1.19 bits per heavy atom. The van der Waals surface area contributed by atoms with E-state index in [0.717, 1.165) is 12.3 Å². The van der Waals surface area contributed by atoms with Crippen molar-refractivity contribution in [2.24, 2.45) is 0 Å². The largest absolute Gasteiger partial charge is 0.491 e. The number of carbonyl (C=O) groups excluding carboxylic acids is 1. The van der Waals surface area contributed by atoms with Crippen LogP contribution in [0.4, 0.5) is 0 Å². The number of carbonyl (C=O) groups is 1. The Labute approximate surface area is 184 Å². The lowest BCUT2D eigenvalue weighted by atomic mass is 10.1. The lowest BCUT2D eigenvalue weighted by molar-refractivity contribution is -0.0546. The third kappa shape index (κ3) is 7.63. The molecule has 3 rings (SSSR count). The molecule has 1 aliphatic rings. The van der Waals surface area contributed by atoms with Crippen LogP contribution in [-0.2, 0) is 9.47 Å². The van der Waals surface area contributed by atoms with Crippen LogP contribution in [0.5, 0.6) is 5.75 Å². The third-order valence-electron chi connectivity index (χ3n) is 5.17. The topological polar surface area (TPSA) is 71.5 Å². The van der Waals surface area contributed by atoms with Crippen molar-refractivity contribution in [2.45, 2.75) is 12.2 Å². The molecule has 0 spiro atoms. The van der Waals surface area contributed by atoms with Crippen molar-refractivity contribution in [1.82, 2.24) is 9.80 Å². The zero-order valence-electron chi connectivity index (χ0n) is 18.1. The van der Waals surface area contributed by atoms with Crippen LogP contribution in [0.2, 0.25) is 0 Å². The van der Waals surface area contributed by atoms with E-state index in [9.17, 15) is 9.90 Å². The Hall–Kier alpha value is -2.45. The number of aliphatic hydroxyl groups is 1. The Kier molecular flexibility index (Phi) is 9.30. The average Bonchev–Trinajstić information content (AvgIpc) is 2.81. The number of hydrogen-bond acceptors (Lipinski definition) is 6. The summed E-state index contributed by atoms with van der Waals surface area (Å²) in [7, 11) is 1.63. The van der Waals surface area contributed by atoms with E-state index in [4.69, 9.17) is 14.2 Å². The Bertz CT molecular complexity index is 774. The van der Waals surface area contributed by atoms with E-state index in [1.54, 1.807) is 12.0 Å². The molecule has 0 aliphatic carbocycles. The number of aliphatic hydroxyl groups excluding tert-OH is 1. The second-order valence-corrected chi connectivity index (χ2v) is 7.64. The molecule has 168 valence electrons. The summed E-state index contributed by atoms with van der Waals surface area (Å²) in [5.74, 6) is 0.712. The van der Waals surface area contributed by atoms with Crippen molar-refractivity contribution in [3.8, 4) is 5.75 Å². The van der Waals surface area contributed by atoms with Gasteiger partial charge in [-0.1, -0.05) is 36.4 Å². The van der Waals surface area contributed by atoms with Crippen LogP contribution < -0.4 is 4.74 Å². The monoisotopic (exact) mass is 428 g/mol. The van der Waals surface area contributed by atoms with Gasteiger partial charge in [-0.15, -0.1) is 0 Å². The number of β-amino-alcohol motifs (C(OH)–C–C–N with tert-alkyl or cyclic N) is 1. The number of benzene rings is 2. The summed E-state index contributed by atoms with van der Waals surface area (Å²) in [6.07, 6.45) is -0.727. The second-order valence-electron chi connectivity index (χ2n) is 7.64. The fourth-order valence-corrected chi connectivity index (χ4v) is 3.60. The maximum absolute atomic E-state index is 12.9. The number of rotatable bonds is 11. The number of nitrogens with zero attached hydrogens (tertiary/aromatic N) is 2. The van der Waals surface area contributed by atoms with Crippen molar-refractivity contribution >= 4 is 5.91 Å². The molecule has 1 saturated heterocycles. The zero-order chi connectivity index (χ0) is 21.9. The molecule has 7 nitrogen and oxygen atoms in total. The highest BCUT2D eigenvalue weighted by atomic mass is 16.5. The Morgan fingerprint density at radius 3 is 2.61 bits per heavy atom. The van der Waals surface area contributed by atoms with Crippen molar-refractivity contribution < 1.29 is 24.1 Å². The summed E-state index contributed by atoms with van der Waals surface area (Å²) in [6.45, 7) is 4.12. The molecule has 0 saturated carbocycles. The van der Waals surface area contributed by atoms with E-state index in [1.807, 2.05) is 60.7 Å². The smallest absolute Gasteiger partial charge is 0.254 e. The third-order valence-corrected chi connectivity index (χ3v) is 5.17. The van der Waals surface area contributed by atoms with Gasteiger partial charge in [0.25, 0.3) is 5.91 Å². The average molecular weight is 429 g/mol. The molecule has 1 aliphatic heterocycles. The van der Waals surface area contributed by atoms with Crippen LogP contribution in [-0.4, -0.2) is 92.7 Å². The molecule has 1 amide bonds. The van der Waals surface area contributed by atoms with Gasteiger partial charge < -0.3 is 24.2 Å². The van der Waals surface area contributed by atoms with Gasteiger partial charge in [0.15, 0.2) is 0 Å². The molecule has 1 fully saturated rings. The van der Waals surface area contributed by atoms with Gasteiger partial charge in [0.05, 0.1) is 19.3 Å². The standard InChI is InChI=1S/C24H32N2O5/c1-29-14-13-26(24(28)20-8-4-2-5-9-20)18-23-17-25(12-15-30-23)16-21(27)19-31-22-10-6-3-7-11-22/h2-11,21,23,27H,12-19H2,1H3/t21-,23+/m1/s1. The van der Waals surface area contributed by atoms with Crippen LogP contribution in [0.3, 0.4) is 0 Å². The van der Waals surface area contributed by atoms with Gasteiger partial charge in [0, 0.05) is 45.4 Å². The van der Waals surface area contributed by atoms with Crippen molar-refractivity contribution in [3.05, 3.63) is 66.2 Å². The van der Waals surface area contributed by atoms with Crippen LogP contribution in [0.15, 0.2) is 60.7 Å². The van der Waals surface area contributed by atoms with Gasteiger partial charge in [0.2, 0.25) is 0 Å². The summed E-state index contributed by atoms with van der Waals surface area (Å²) in [5, 5.41) is 10.4. The zero-order valence-corrected chi connectivity index (χ0v) is 18.1. The number of methoxy groups -OCH3 is 1. The Morgan fingerprint density at radius 2 is 1.90 bits per heavy atom. The molecule has 1 N–H and O–H groups in total. The molecule has 0 unspecified atom stereocenters. The number of para-hydroxylation sites is 1. The maximum Gasteiger partial charge on any atom is 0.254 e. The predicted molar refractivity (Wildman–Crippen MR) is 118 cm³/mol. The van der Waals surface area contributed by atoms with Gasteiger partial charge in [-0.3, -0.25) is 9.69 Å². The normalized spacial score (nSPS) is 17.8. The quantitative estimate of drug-likeness (QED) is 0.590. The van der Waals surface area contributed by atoms with E-state index in [2.05, 4.69) is 4.90 Å². The molecule has 2 aromatic rings. The minimum atomic E-state index is -0.602. The number of amides is 1. The highest BCUT2D eigenvalue weighted by Crippen LogP contribution is 2.13. The lowest BCUT2D eigenvalue weighted by Crippen LogP contribution is -2.51. The summed E-state index contributed by atoms with van der Waals surface area (Å²) < 4.78 is 16.8. The highest BCUT2D eigenvalue weighted by Gasteiger charge is 2.26. The summed E-state index contributed by atoms with van der Waals surface area (Å²) in [6, 6.07) is 18.7. The van der Waals surface area contributed by atoms with Crippen LogP contribution in [0.25, 0.3) is 0 Å². The van der Waals surface area contributed by atoms with E-state index < -0.39 is 6.10 Å². The number of ether oxygens (including phenoxy) is 3. The van der Waals surface area contributed by atoms with Crippen molar-refractivity contribution in [3.63, 3.8) is 0 Å². The molecule has 0 radical (unpaired) electrons. The summed E-state index contributed by atoms with van der Waals surface area (Å²) >= 11 is 0. The molecule has 2 aromatic carbocycles. The van der Waals surface area contributed by atoms with Gasteiger partial charge in [-0.2, -0.15) is 0 Å². The van der Waals surface area contributed by atoms with Crippen LogP contribution in [0, 0.1) is 0 Å². The molecular weight excluding hydrogens is 396 g/mol. The predicted octanol–water partition coefficient (Wildman–Crippen LogP) is 1.92. The highest BCUT2D eigenvalue weighted by molar-refractivity contribution is 5.94. The lowest BCUT2D eigenvalue weighted by Gasteiger charge is -2.36.